The topological polar surface area (TPSA) is 59.8 Å². The smallest absolute Gasteiger partial charge is 0.234 e. The second kappa shape index (κ2) is 7.94. The number of allylic oxidation sites excluding steroid dienone is 1. The van der Waals surface area contributed by atoms with Crippen molar-refractivity contribution in [2.75, 3.05) is 11.1 Å². The summed E-state index contributed by atoms with van der Waals surface area (Å²) < 4.78 is 1.97. The van der Waals surface area contributed by atoms with Gasteiger partial charge in [0.1, 0.15) is 0 Å². The molecule has 24 heavy (non-hydrogen) atoms. The van der Waals surface area contributed by atoms with Crippen molar-refractivity contribution in [2.45, 2.75) is 11.7 Å². The summed E-state index contributed by atoms with van der Waals surface area (Å²) in [4.78, 5) is 13.1. The van der Waals surface area contributed by atoms with Crippen LogP contribution in [-0.4, -0.2) is 26.4 Å². The van der Waals surface area contributed by atoms with Crippen molar-refractivity contribution < 1.29 is 4.79 Å². The Morgan fingerprint density at radius 1 is 1.25 bits per heavy atom. The molecule has 0 aliphatic rings. The molecule has 2 heterocycles. The number of nitrogens with zero attached hydrogens (tertiary/aromatic N) is 3. The second-order valence-electron chi connectivity index (χ2n) is 4.89. The molecule has 122 valence electrons. The van der Waals surface area contributed by atoms with Gasteiger partial charge in [-0.25, -0.2) is 0 Å². The monoisotopic (exact) mass is 356 g/mol. The highest BCUT2D eigenvalue weighted by molar-refractivity contribution is 7.99. The minimum Gasteiger partial charge on any atom is -0.325 e. The molecule has 0 spiro atoms. The largest absolute Gasteiger partial charge is 0.325 e. The fourth-order valence-corrected chi connectivity index (χ4v) is 3.59. The van der Waals surface area contributed by atoms with Crippen LogP contribution in [0.2, 0.25) is 0 Å². The lowest BCUT2D eigenvalue weighted by atomic mass is 10.3. The third kappa shape index (κ3) is 3.93. The number of amides is 1. The summed E-state index contributed by atoms with van der Waals surface area (Å²) in [6.07, 6.45) is 1.80. The maximum Gasteiger partial charge on any atom is 0.234 e. The van der Waals surface area contributed by atoms with Gasteiger partial charge in [-0.1, -0.05) is 42.1 Å². The third-order valence-electron chi connectivity index (χ3n) is 3.16. The van der Waals surface area contributed by atoms with Gasteiger partial charge in [-0.05, 0) is 23.6 Å². The molecule has 1 aromatic carbocycles. The Kier molecular flexibility index (Phi) is 5.45. The predicted octanol–water partition coefficient (Wildman–Crippen LogP) is 3.92. The van der Waals surface area contributed by atoms with Gasteiger partial charge in [0.2, 0.25) is 5.91 Å². The van der Waals surface area contributed by atoms with Crippen molar-refractivity contribution in [3.8, 4) is 10.7 Å². The number of thioether (sulfide) groups is 1. The number of nitrogens with one attached hydrogen (secondary N) is 1. The molecule has 5 nitrogen and oxygen atoms in total. The van der Waals surface area contributed by atoms with Gasteiger partial charge in [-0.2, -0.15) is 0 Å². The molecule has 0 radical (unpaired) electrons. The average molecular weight is 356 g/mol. The Hall–Kier alpha value is -2.38. The van der Waals surface area contributed by atoms with E-state index in [9.17, 15) is 4.79 Å². The molecule has 3 rings (SSSR count). The molecule has 0 aliphatic heterocycles. The Morgan fingerprint density at radius 2 is 2.08 bits per heavy atom. The van der Waals surface area contributed by atoms with E-state index in [0.717, 1.165) is 16.4 Å². The van der Waals surface area contributed by atoms with Crippen LogP contribution in [-0.2, 0) is 11.3 Å². The minimum atomic E-state index is -0.0722. The first-order valence-electron chi connectivity index (χ1n) is 7.33. The van der Waals surface area contributed by atoms with E-state index in [1.54, 1.807) is 17.4 Å². The summed E-state index contributed by atoms with van der Waals surface area (Å²) in [6, 6.07) is 13.4. The zero-order chi connectivity index (χ0) is 16.8. The summed E-state index contributed by atoms with van der Waals surface area (Å²) in [7, 11) is 0. The van der Waals surface area contributed by atoms with E-state index < -0.39 is 0 Å². The normalized spacial score (nSPS) is 10.5. The Balaban J connectivity index is 1.69. The number of carbonyl (C=O) groups is 1. The fraction of sp³-hybridized carbons (Fsp3) is 0.118. The molecule has 3 aromatic rings. The highest BCUT2D eigenvalue weighted by Crippen LogP contribution is 2.27. The number of carbonyl (C=O) groups excluding carboxylic acids is 1. The number of benzene rings is 1. The zero-order valence-electron chi connectivity index (χ0n) is 12.9. The minimum absolute atomic E-state index is 0.0722. The number of para-hydroxylation sites is 1. The molecule has 0 atom stereocenters. The standard InChI is InChI=1S/C17H16N4OS2/c1-2-10-21-16(14-9-6-11-23-14)19-20-17(21)24-12-15(22)18-13-7-4-3-5-8-13/h2-9,11H,1,10,12H2,(H,18,22). The number of hydrogen-bond acceptors (Lipinski definition) is 5. The number of hydrogen-bond donors (Lipinski definition) is 1. The average Bonchev–Trinajstić information content (AvgIpc) is 3.24. The van der Waals surface area contributed by atoms with Gasteiger partial charge in [0, 0.05) is 12.2 Å². The van der Waals surface area contributed by atoms with Crippen molar-refractivity contribution in [3.05, 3.63) is 60.5 Å². The van der Waals surface area contributed by atoms with Crippen molar-refractivity contribution in [3.63, 3.8) is 0 Å². The fourth-order valence-electron chi connectivity index (χ4n) is 2.13. The van der Waals surface area contributed by atoms with E-state index in [1.807, 2.05) is 52.4 Å². The van der Waals surface area contributed by atoms with Crippen LogP contribution in [0.3, 0.4) is 0 Å². The maximum atomic E-state index is 12.1. The van der Waals surface area contributed by atoms with Crippen molar-refractivity contribution in [1.29, 1.82) is 0 Å². The van der Waals surface area contributed by atoms with Gasteiger partial charge in [-0.3, -0.25) is 9.36 Å². The Bertz CT molecular complexity index is 813. The Morgan fingerprint density at radius 3 is 2.79 bits per heavy atom. The van der Waals surface area contributed by atoms with Gasteiger partial charge in [0.25, 0.3) is 0 Å². The maximum absolute atomic E-state index is 12.1. The lowest BCUT2D eigenvalue weighted by molar-refractivity contribution is -0.113. The molecule has 0 bridgehead atoms. The molecule has 0 saturated heterocycles. The van der Waals surface area contributed by atoms with Crippen LogP contribution >= 0.6 is 23.1 Å². The zero-order valence-corrected chi connectivity index (χ0v) is 14.5. The number of thiophene rings is 1. The SMILES string of the molecule is C=CCn1c(SCC(=O)Nc2ccccc2)nnc1-c1cccs1. The van der Waals surface area contributed by atoms with E-state index in [1.165, 1.54) is 11.8 Å². The van der Waals surface area contributed by atoms with Crippen LogP contribution in [0.1, 0.15) is 0 Å². The van der Waals surface area contributed by atoms with Crippen LogP contribution < -0.4 is 5.32 Å². The van der Waals surface area contributed by atoms with Crippen LogP contribution in [0.15, 0.2) is 65.7 Å². The van der Waals surface area contributed by atoms with E-state index in [-0.39, 0.29) is 11.7 Å². The van der Waals surface area contributed by atoms with Crippen molar-refractivity contribution in [1.82, 2.24) is 14.8 Å². The van der Waals surface area contributed by atoms with Crippen LogP contribution in [0.25, 0.3) is 10.7 Å². The van der Waals surface area contributed by atoms with Gasteiger partial charge in [0.15, 0.2) is 11.0 Å². The predicted molar refractivity (Wildman–Crippen MR) is 99.3 cm³/mol. The summed E-state index contributed by atoms with van der Waals surface area (Å²) >= 11 is 2.98. The number of anilines is 1. The first-order valence-corrected chi connectivity index (χ1v) is 9.20. The molecule has 0 fully saturated rings. The molecule has 1 amide bonds. The first kappa shape index (κ1) is 16.5. The van der Waals surface area contributed by atoms with Crippen LogP contribution in [0.5, 0.6) is 0 Å². The van der Waals surface area contributed by atoms with E-state index in [0.29, 0.717) is 11.7 Å². The molecule has 2 aromatic heterocycles. The molecule has 0 saturated carbocycles. The molecular weight excluding hydrogens is 340 g/mol. The lowest BCUT2D eigenvalue weighted by Gasteiger charge is -2.07. The summed E-state index contributed by atoms with van der Waals surface area (Å²) in [5, 5.41) is 14.1. The van der Waals surface area contributed by atoms with Crippen molar-refractivity contribution in [2.24, 2.45) is 0 Å². The van der Waals surface area contributed by atoms with Gasteiger partial charge in [-0.15, -0.1) is 28.1 Å². The van der Waals surface area contributed by atoms with Crippen LogP contribution in [0.4, 0.5) is 5.69 Å². The lowest BCUT2D eigenvalue weighted by Crippen LogP contribution is -2.14. The molecule has 0 aliphatic carbocycles. The molecular formula is C17H16N4OS2. The van der Waals surface area contributed by atoms with Crippen molar-refractivity contribution >= 4 is 34.7 Å². The summed E-state index contributed by atoms with van der Waals surface area (Å²) in [6.45, 7) is 4.39. The van der Waals surface area contributed by atoms with E-state index in [2.05, 4.69) is 22.1 Å². The number of aromatic nitrogens is 3. The highest BCUT2D eigenvalue weighted by atomic mass is 32.2. The van der Waals surface area contributed by atoms with E-state index >= 15 is 0 Å². The number of rotatable bonds is 7. The molecule has 1 N–H and O–H groups in total. The quantitative estimate of drug-likeness (QED) is 0.515. The molecule has 0 unspecified atom stereocenters. The van der Waals surface area contributed by atoms with E-state index in [4.69, 9.17) is 0 Å². The summed E-state index contributed by atoms with van der Waals surface area (Å²) in [5.41, 5.74) is 0.787. The summed E-state index contributed by atoms with van der Waals surface area (Å²) in [5.74, 6) is 1.00. The van der Waals surface area contributed by atoms with Gasteiger partial charge < -0.3 is 5.32 Å². The van der Waals surface area contributed by atoms with Crippen LogP contribution in [0, 0.1) is 0 Å². The van der Waals surface area contributed by atoms with Gasteiger partial charge >= 0.3 is 0 Å². The van der Waals surface area contributed by atoms with Gasteiger partial charge in [0.05, 0.1) is 10.6 Å². The second-order valence-corrected chi connectivity index (χ2v) is 6.78. The Labute approximate surface area is 148 Å². The highest BCUT2D eigenvalue weighted by Gasteiger charge is 2.15. The molecule has 7 heteroatoms. The third-order valence-corrected chi connectivity index (χ3v) is 4.99. The first-order chi connectivity index (χ1) is 11.8.